The minimum Gasteiger partial charge on any atom is -0.506 e. The van der Waals surface area contributed by atoms with Gasteiger partial charge in [0, 0.05) is 0 Å². The van der Waals surface area contributed by atoms with E-state index in [1.807, 2.05) is 57.2 Å². The number of aromatic hydroxyl groups is 1. The van der Waals surface area contributed by atoms with Gasteiger partial charge in [-0.2, -0.15) is 0 Å². The summed E-state index contributed by atoms with van der Waals surface area (Å²) in [5.74, 6) is -0.133. The normalized spacial score (nSPS) is 12.5. The summed E-state index contributed by atoms with van der Waals surface area (Å²) in [7, 11) is 0. The highest BCUT2D eigenvalue weighted by molar-refractivity contribution is 5.72. The number of rotatable bonds is 5. The summed E-state index contributed by atoms with van der Waals surface area (Å²) in [5.41, 5.74) is 1.03. The van der Waals surface area contributed by atoms with Gasteiger partial charge in [-0.1, -0.05) is 42.5 Å². The van der Waals surface area contributed by atoms with Crippen molar-refractivity contribution >= 4 is 11.7 Å². The second kappa shape index (κ2) is 7.18. The number of hydrogen-bond donors (Lipinski definition) is 2. The second-order valence-electron chi connectivity index (χ2n) is 6.42. The van der Waals surface area contributed by atoms with Crippen molar-refractivity contribution in [1.82, 2.24) is 0 Å². The summed E-state index contributed by atoms with van der Waals surface area (Å²) in [4.78, 5) is 12.2. The van der Waals surface area contributed by atoms with E-state index in [-0.39, 0.29) is 24.2 Å². The molecule has 0 aliphatic carbocycles. The van der Waals surface area contributed by atoms with E-state index < -0.39 is 5.60 Å². The Bertz CT molecular complexity index is 647. The van der Waals surface area contributed by atoms with Crippen LogP contribution in [0.2, 0.25) is 0 Å². The van der Waals surface area contributed by atoms with Gasteiger partial charge >= 0.3 is 5.97 Å². The number of phenolic OH excluding ortho intramolecular Hbond substituents is 1. The Labute approximate surface area is 137 Å². The van der Waals surface area contributed by atoms with Gasteiger partial charge in [0.2, 0.25) is 0 Å². The van der Waals surface area contributed by atoms with Crippen LogP contribution in [0.25, 0.3) is 0 Å². The number of carbonyl (C=O) groups excluding carboxylic acids is 1. The summed E-state index contributed by atoms with van der Waals surface area (Å²) >= 11 is 0. The fourth-order valence-corrected chi connectivity index (χ4v) is 2.27. The van der Waals surface area contributed by atoms with Gasteiger partial charge in [0.1, 0.15) is 11.4 Å². The first-order valence-corrected chi connectivity index (χ1v) is 7.66. The van der Waals surface area contributed by atoms with Crippen molar-refractivity contribution in [3.63, 3.8) is 0 Å². The van der Waals surface area contributed by atoms with Crippen LogP contribution in [0.15, 0.2) is 54.6 Å². The average molecular weight is 313 g/mol. The van der Waals surface area contributed by atoms with Crippen molar-refractivity contribution < 1.29 is 14.6 Å². The van der Waals surface area contributed by atoms with E-state index in [0.717, 1.165) is 5.56 Å². The zero-order chi connectivity index (χ0) is 16.9. The number of para-hydroxylation sites is 2. The Morgan fingerprint density at radius 2 is 1.70 bits per heavy atom. The molecule has 0 aromatic heterocycles. The molecule has 1 unspecified atom stereocenters. The van der Waals surface area contributed by atoms with Gasteiger partial charge in [-0.15, -0.1) is 0 Å². The van der Waals surface area contributed by atoms with Crippen LogP contribution in [0.3, 0.4) is 0 Å². The molecule has 0 radical (unpaired) electrons. The average Bonchev–Trinajstić information content (AvgIpc) is 2.48. The molecule has 0 spiro atoms. The maximum atomic E-state index is 12.2. The summed E-state index contributed by atoms with van der Waals surface area (Å²) in [6.07, 6.45) is 0.176. The molecule has 122 valence electrons. The van der Waals surface area contributed by atoms with E-state index >= 15 is 0 Å². The Morgan fingerprint density at radius 3 is 2.30 bits per heavy atom. The molecule has 0 heterocycles. The minimum atomic E-state index is -0.521. The summed E-state index contributed by atoms with van der Waals surface area (Å²) in [6, 6.07) is 16.4. The molecule has 0 aliphatic heterocycles. The lowest BCUT2D eigenvalue weighted by Gasteiger charge is -2.24. The molecule has 2 rings (SSSR count). The molecule has 1 atom stereocenters. The molecular weight excluding hydrogens is 290 g/mol. The second-order valence-corrected chi connectivity index (χ2v) is 6.42. The highest BCUT2D eigenvalue weighted by atomic mass is 16.6. The molecule has 2 aromatic carbocycles. The molecule has 23 heavy (non-hydrogen) atoms. The maximum absolute atomic E-state index is 12.2. The zero-order valence-electron chi connectivity index (χ0n) is 13.7. The van der Waals surface area contributed by atoms with Gasteiger partial charge < -0.3 is 15.2 Å². The molecule has 0 saturated carbocycles. The quantitative estimate of drug-likeness (QED) is 0.639. The van der Waals surface area contributed by atoms with Crippen molar-refractivity contribution in [2.24, 2.45) is 0 Å². The molecular formula is C19H23NO3. The van der Waals surface area contributed by atoms with Crippen molar-refractivity contribution in [2.45, 2.75) is 38.8 Å². The lowest BCUT2D eigenvalue weighted by atomic mass is 10.0. The van der Waals surface area contributed by atoms with Crippen LogP contribution in [0.5, 0.6) is 5.75 Å². The van der Waals surface area contributed by atoms with E-state index in [1.54, 1.807) is 18.2 Å². The largest absolute Gasteiger partial charge is 0.506 e. The minimum absolute atomic E-state index is 0.151. The van der Waals surface area contributed by atoms with Crippen LogP contribution in [0.4, 0.5) is 5.69 Å². The molecule has 0 aliphatic rings. The van der Waals surface area contributed by atoms with E-state index in [1.165, 1.54) is 0 Å². The molecule has 4 nitrogen and oxygen atoms in total. The highest BCUT2D eigenvalue weighted by Crippen LogP contribution is 2.29. The molecule has 2 N–H and O–H groups in total. The third-order valence-corrected chi connectivity index (χ3v) is 3.23. The Kier molecular flexibility index (Phi) is 5.27. The summed E-state index contributed by atoms with van der Waals surface area (Å²) in [5, 5.41) is 13.2. The number of esters is 1. The number of carbonyl (C=O) groups is 1. The van der Waals surface area contributed by atoms with E-state index in [0.29, 0.717) is 5.69 Å². The fraction of sp³-hybridized carbons (Fsp3) is 0.316. The van der Waals surface area contributed by atoms with Crippen molar-refractivity contribution in [3.05, 3.63) is 60.2 Å². The highest BCUT2D eigenvalue weighted by Gasteiger charge is 2.22. The maximum Gasteiger partial charge on any atom is 0.308 e. The van der Waals surface area contributed by atoms with Gasteiger partial charge in [0.05, 0.1) is 18.2 Å². The van der Waals surface area contributed by atoms with Crippen molar-refractivity contribution in [2.75, 3.05) is 5.32 Å². The van der Waals surface area contributed by atoms with Crippen LogP contribution < -0.4 is 5.32 Å². The Morgan fingerprint density at radius 1 is 1.09 bits per heavy atom. The first-order chi connectivity index (χ1) is 10.8. The molecule has 0 saturated heterocycles. The van der Waals surface area contributed by atoms with Gasteiger partial charge in [0.15, 0.2) is 0 Å². The predicted octanol–water partition coefficient (Wildman–Crippen LogP) is 4.28. The van der Waals surface area contributed by atoms with E-state index in [4.69, 9.17) is 4.74 Å². The summed E-state index contributed by atoms with van der Waals surface area (Å²) in [6.45, 7) is 5.54. The van der Waals surface area contributed by atoms with E-state index in [2.05, 4.69) is 5.32 Å². The van der Waals surface area contributed by atoms with Gasteiger partial charge in [-0.3, -0.25) is 4.79 Å². The smallest absolute Gasteiger partial charge is 0.308 e. The SMILES string of the molecule is CC(C)(C)OC(=O)CC(Nc1ccccc1O)c1ccccc1. The Hall–Kier alpha value is -2.49. The van der Waals surface area contributed by atoms with Crippen LogP contribution in [-0.4, -0.2) is 16.7 Å². The third-order valence-electron chi connectivity index (χ3n) is 3.23. The number of nitrogens with one attached hydrogen (secondary N) is 1. The van der Waals surface area contributed by atoms with Gasteiger partial charge in [0.25, 0.3) is 0 Å². The number of phenols is 1. The number of hydrogen-bond acceptors (Lipinski definition) is 4. The lowest BCUT2D eigenvalue weighted by molar-refractivity contribution is -0.155. The topological polar surface area (TPSA) is 58.6 Å². The number of benzene rings is 2. The van der Waals surface area contributed by atoms with Crippen molar-refractivity contribution in [1.29, 1.82) is 0 Å². The van der Waals surface area contributed by atoms with Gasteiger partial charge in [-0.25, -0.2) is 0 Å². The molecule has 0 bridgehead atoms. The fourth-order valence-electron chi connectivity index (χ4n) is 2.27. The first-order valence-electron chi connectivity index (χ1n) is 7.66. The molecule has 4 heteroatoms. The first kappa shape index (κ1) is 16.9. The summed E-state index contributed by atoms with van der Waals surface area (Å²) < 4.78 is 5.42. The lowest BCUT2D eigenvalue weighted by Crippen LogP contribution is -2.26. The standard InChI is InChI=1S/C19H23NO3/c1-19(2,3)23-18(22)13-16(14-9-5-4-6-10-14)20-15-11-7-8-12-17(15)21/h4-12,16,20-21H,13H2,1-3H3. The van der Waals surface area contributed by atoms with Crippen LogP contribution in [0, 0.1) is 0 Å². The van der Waals surface area contributed by atoms with Crippen molar-refractivity contribution in [3.8, 4) is 5.75 Å². The monoisotopic (exact) mass is 313 g/mol. The number of anilines is 1. The van der Waals surface area contributed by atoms with Crippen LogP contribution in [-0.2, 0) is 9.53 Å². The van der Waals surface area contributed by atoms with Gasteiger partial charge in [-0.05, 0) is 38.5 Å². The van der Waals surface area contributed by atoms with Crippen LogP contribution in [0.1, 0.15) is 38.8 Å². The van der Waals surface area contributed by atoms with E-state index in [9.17, 15) is 9.90 Å². The zero-order valence-corrected chi connectivity index (χ0v) is 13.7. The third kappa shape index (κ3) is 5.33. The molecule has 0 amide bonds. The molecule has 2 aromatic rings. The molecule has 0 fully saturated rings. The van der Waals surface area contributed by atoms with Crippen LogP contribution >= 0.6 is 0 Å². The Balaban J connectivity index is 2.19. The predicted molar refractivity (Wildman–Crippen MR) is 91.4 cm³/mol. The number of ether oxygens (including phenoxy) is 1.